The van der Waals surface area contributed by atoms with Crippen molar-refractivity contribution >= 4 is 17.8 Å². The first-order valence-corrected chi connectivity index (χ1v) is 10.9. The molecule has 1 aliphatic heterocycles. The zero-order valence-electron chi connectivity index (χ0n) is 18.3. The van der Waals surface area contributed by atoms with Gasteiger partial charge in [0.1, 0.15) is 11.6 Å². The smallest absolute Gasteiger partial charge is 0.325 e. The molecule has 0 radical (unpaired) electrons. The number of urea groups is 1. The van der Waals surface area contributed by atoms with E-state index in [1.54, 1.807) is 6.92 Å². The third-order valence-electron chi connectivity index (χ3n) is 6.45. The third-order valence-corrected chi connectivity index (χ3v) is 6.45. The van der Waals surface area contributed by atoms with Gasteiger partial charge in [-0.25, -0.2) is 9.69 Å². The number of carbonyl (C=O) groups is 3. The highest BCUT2D eigenvalue weighted by molar-refractivity contribution is 6.10. The van der Waals surface area contributed by atoms with Crippen molar-refractivity contribution in [1.82, 2.24) is 15.5 Å². The van der Waals surface area contributed by atoms with Crippen LogP contribution < -0.4 is 10.6 Å². The second kappa shape index (κ2) is 8.17. The second-order valence-corrected chi connectivity index (χ2v) is 8.84. The monoisotopic (exact) mass is 419 g/mol. The molecule has 2 aliphatic rings. The predicted octanol–water partition coefficient (Wildman–Crippen LogP) is 3.76. The molecule has 6 nitrogen and oxygen atoms in total. The number of nitrogens with one attached hydrogen (secondary N) is 2. The fourth-order valence-corrected chi connectivity index (χ4v) is 4.75. The Morgan fingerprint density at radius 2 is 1.55 bits per heavy atom. The minimum atomic E-state index is -0.899. The molecule has 1 unspecified atom stereocenters. The molecule has 2 aromatic rings. The van der Waals surface area contributed by atoms with Crippen LogP contribution in [0.5, 0.6) is 0 Å². The van der Waals surface area contributed by atoms with Crippen molar-refractivity contribution in [3.63, 3.8) is 0 Å². The average molecular weight is 420 g/mol. The molecule has 0 aromatic heterocycles. The van der Waals surface area contributed by atoms with E-state index in [9.17, 15) is 14.4 Å². The van der Waals surface area contributed by atoms with Crippen LogP contribution in [0, 0.1) is 13.8 Å². The van der Waals surface area contributed by atoms with Gasteiger partial charge in [0.05, 0.1) is 6.04 Å². The number of imide groups is 1. The quantitative estimate of drug-likeness (QED) is 0.725. The lowest BCUT2D eigenvalue weighted by Crippen LogP contribution is -2.50. The number of rotatable bonds is 5. The Labute approximate surface area is 183 Å². The number of hydrogen-bond acceptors (Lipinski definition) is 3. The van der Waals surface area contributed by atoms with Gasteiger partial charge in [-0.3, -0.25) is 9.59 Å². The molecule has 1 saturated heterocycles. The molecule has 162 valence electrons. The van der Waals surface area contributed by atoms with Crippen LogP contribution in [0.3, 0.4) is 0 Å². The number of nitrogens with zero attached hydrogens (tertiary/aromatic N) is 1. The summed E-state index contributed by atoms with van der Waals surface area (Å²) in [5.41, 5.74) is 3.27. The summed E-state index contributed by atoms with van der Waals surface area (Å²) < 4.78 is 0. The maximum absolute atomic E-state index is 13.3. The van der Waals surface area contributed by atoms with Gasteiger partial charge < -0.3 is 10.6 Å². The Kier molecular flexibility index (Phi) is 5.56. The van der Waals surface area contributed by atoms with Gasteiger partial charge in [0, 0.05) is 0 Å². The van der Waals surface area contributed by atoms with E-state index in [0.717, 1.165) is 40.0 Å². The van der Waals surface area contributed by atoms with Crippen LogP contribution in [0.1, 0.15) is 60.9 Å². The Morgan fingerprint density at radius 1 is 1.00 bits per heavy atom. The molecule has 0 bridgehead atoms. The Bertz CT molecular complexity index is 981. The summed E-state index contributed by atoms with van der Waals surface area (Å²) in [6.07, 6.45) is 3.09. The van der Waals surface area contributed by atoms with E-state index in [1.807, 2.05) is 62.4 Å². The maximum Gasteiger partial charge on any atom is 0.325 e. The minimum absolute atomic E-state index is 0.277. The molecular formula is C25H29N3O3. The van der Waals surface area contributed by atoms with Crippen LogP contribution >= 0.6 is 0 Å². The van der Waals surface area contributed by atoms with Gasteiger partial charge in [-0.1, -0.05) is 72.5 Å². The summed E-state index contributed by atoms with van der Waals surface area (Å²) in [5.74, 6) is -0.633. The highest BCUT2D eigenvalue weighted by Gasteiger charge is 2.54. The van der Waals surface area contributed by atoms with E-state index in [-0.39, 0.29) is 17.9 Å². The summed E-state index contributed by atoms with van der Waals surface area (Å²) in [4.78, 5) is 40.1. The number of carbonyl (C=O) groups excluding carboxylic acids is 3. The van der Waals surface area contributed by atoms with E-state index in [0.29, 0.717) is 12.8 Å². The molecule has 1 saturated carbocycles. The van der Waals surface area contributed by atoms with Gasteiger partial charge >= 0.3 is 6.03 Å². The van der Waals surface area contributed by atoms with Gasteiger partial charge in [0.2, 0.25) is 5.91 Å². The topological polar surface area (TPSA) is 78.5 Å². The van der Waals surface area contributed by atoms with Crippen LogP contribution in [0.2, 0.25) is 0 Å². The first kappa shape index (κ1) is 21.1. The van der Waals surface area contributed by atoms with Crippen LogP contribution in [0.4, 0.5) is 4.79 Å². The van der Waals surface area contributed by atoms with Crippen LogP contribution in [0.25, 0.3) is 0 Å². The molecule has 1 spiro atoms. The molecule has 31 heavy (non-hydrogen) atoms. The van der Waals surface area contributed by atoms with Gasteiger partial charge in [-0.15, -0.1) is 0 Å². The lowest BCUT2D eigenvalue weighted by molar-refractivity contribution is -0.138. The first-order chi connectivity index (χ1) is 14.8. The highest BCUT2D eigenvalue weighted by atomic mass is 16.2. The van der Waals surface area contributed by atoms with Crippen molar-refractivity contribution in [3.05, 3.63) is 70.8 Å². The van der Waals surface area contributed by atoms with E-state index < -0.39 is 17.6 Å². The van der Waals surface area contributed by atoms with Crippen molar-refractivity contribution in [2.45, 2.75) is 64.1 Å². The average Bonchev–Trinajstić information content (AvgIpc) is 3.30. The molecule has 1 aliphatic carbocycles. The third kappa shape index (κ3) is 3.94. The van der Waals surface area contributed by atoms with Crippen molar-refractivity contribution in [2.75, 3.05) is 0 Å². The van der Waals surface area contributed by atoms with Crippen molar-refractivity contribution in [1.29, 1.82) is 0 Å². The molecule has 2 fully saturated rings. The Balaban J connectivity index is 1.60. The van der Waals surface area contributed by atoms with Crippen molar-refractivity contribution in [3.8, 4) is 0 Å². The summed E-state index contributed by atoms with van der Waals surface area (Å²) in [6.45, 7) is 5.63. The molecule has 6 heteroatoms. The minimum Gasteiger partial charge on any atom is -0.343 e. The van der Waals surface area contributed by atoms with Crippen LogP contribution in [0.15, 0.2) is 48.5 Å². The van der Waals surface area contributed by atoms with Crippen LogP contribution in [-0.4, -0.2) is 34.3 Å². The Hall–Kier alpha value is -3.15. The Morgan fingerprint density at radius 3 is 2.06 bits per heavy atom. The second-order valence-electron chi connectivity index (χ2n) is 8.84. The lowest BCUT2D eigenvalue weighted by atomic mass is 9.95. The largest absolute Gasteiger partial charge is 0.343 e. The summed E-state index contributed by atoms with van der Waals surface area (Å²) in [7, 11) is 0. The molecule has 1 heterocycles. The SMILES string of the molecule is Cc1cccc(C(NC(=O)C(C)N2C(=O)NC3(CCCC3)C2=O)c2cccc(C)c2)c1. The first-order valence-electron chi connectivity index (χ1n) is 10.9. The van der Waals surface area contributed by atoms with Gasteiger partial charge in [0.25, 0.3) is 5.91 Å². The fourth-order valence-electron chi connectivity index (χ4n) is 4.75. The molecule has 1 atom stereocenters. The fraction of sp³-hybridized carbons (Fsp3) is 0.400. The van der Waals surface area contributed by atoms with E-state index in [2.05, 4.69) is 10.6 Å². The lowest BCUT2D eigenvalue weighted by Gasteiger charge is -2.27. The standard InChI is InChI=1S/C25H29N3O3/c1-16-8-6-10-19(14-16)21(20-11-7-9-17(2)15-20)26-22(29)18(3)28-23(30)25(27-24(28)31)12-4-5-13-25/h6-11,14-15,18,21H,4-5,12-13H2,1-3H3,(H,26,29)(H,27,31). The van der Waals surface area contributed by atoms with Gasteiger partial charge in [0.15, 0.2) is 0 Å². The maximum atomic E-state index is 13.3. The number of hydrogen-bond donors (Lipinski definition) is 2. The zero-order chi connectivity index (χ0) is 22.2. The predicted molar refractivity (Wildman–Crippen MR) is 118 cm³/mol. The molecule has 4 rings (SSSR count). The summed E-state index contributed by atoms with van der Waals surface area (Å²) in [6, 6.07) is 14.2. The molecule has 2 N–H and O–H groups in total. The zero-order valence-corrected chi connectivity index (χ0v) is 18.3. The summed E-state index contributed by atoms with van der Waals surface area (Å²) in [5, 5.41) is 5.94. The normalized spacial score (nSPS) is 18.5. The van der Waals surface area contributed by atoms with Gasteiger partial charge in [-0.2, -0.15) is 0 Å². The van der Waals surface area contributed by atoms with E-state index in [4.69, 9.17) is 0 Å². The molecule has 4 amide bonds. The number of aryl methyl sites for hydroxylation is 2. The number of benzene rings is 2. The van der Waals surface area contributed by atoms with Crippen molar-refractivity contribution in [2.24, 2.45) is 0 Å². The van der Waals surface area contributed by atoms with Crippen molar-refractivity contribution < 1.29 is 14.4 Å². The van der Waals surface area contributed by atoms with E-state index in [1.165, 1.54) is 0 Å². The van der Waals surface area contributed by atoms with Crippen LogP contribution in [-0.2, 0) is 9.59 Å². The highest BCUT2D eigenvalue weighted by Crippen LogP contribution is 2.36. The van der Waals surface area contributed by atoms with E-state index >= 15 is 0 Å². The molecular weight excluding hydrogens is 390 g/mol. The number of amides is 4. The summed E-state index contributed by atoms with van der Waals surface area (Å²) >= 11 is 0. The van der Waals surface area contributed by atoms with Gasteiger partial charge in [-0.05, 0) is 44.7 Å². The molecule has 2 aromatic carbocycles.